The van der Waals surface area contributed by atoms with Gasteiger partial charge in [-0.25, -0.2) is 0 Å². The molecule has 0 N–H and O–H groups in total. The van der Waals surface area contributed by atoms with E-state index in [4.69, 9.17) is 4.98 Å². The minimum absolute atomic E-state index is 0. The number of carbonyl (C=O) groups excluding carboxylic acids is 1. The molecule has 1 aliphatic rings. The minimum Gasteiger partial charge on any atom is -0.686 e. The van der Waals surface area contributed by atoms with Crippen molar-refractivity contribution < 1.29 is 24.9 Å². The zero-order valence-corrected chi connectivity index (χ0v) is 29.8. The van der Waals surface area contributed by atoms with E-state index in [1.807, 2.05) is 32.1 Å². The largest absolute Gasteiger partial charge is 0.686 e. The van der Waals surface area contributed by atoms with Crippen LogP contribution in [0.1, 0.15) is 79.0 Å². The number of benzene rings is 3. The predicted molar refractivity (Wildman–Crippen MR) is 181 cm³/mol. The van der Waals surface area contributed by atoms with Gasteiger partial charge in [0.25, 0.3) is 0 Å². The molecule has 43 heavy (non-hydrogen) atoms. The third kappa shape index (κ3) is 6.41. The fourth-order valence-corrected chi connectivity index (χ4v) is 7.58. The molecule has 2 heterocycles. The third-order valence-corrected chi connectivity index (χ3v) is 8.95. The molecule has 0 spiro atoms. The van der Waals surface area contributed by atoms with Crippen LogP contribution >= 0.6 is 11.3 Å². The van der Waals surface area contributed by atoms with Crippen molar-refractivity contribution >= 4 is 38.1 Å². The van der Waals surface area contributed by atoms with E-state index in [2.05, 4.69) is 113 Å². The fraction of sp³-hybridized carbons (Fsp3) is 0.316. The zero-order chi connectivity index (χ0) is 30.4. The number of para-hydroxylation sites is 1. The number of pyridine rings is 1. The van der Waals surface area contributed by atoms with Gasteiger partial charge in [-0.15, -0.1) is 46.7 Å². The first-order valence-electron chi connectivity index (χ1n) is 14.7. The molecule has 5 heteroatoms. The van der Waals surface area contributed by atoms with Gasteiger partial charge < -0.3 is 5.32 Å². The molecular weight excluding hydrogens is 725 g/mol. The smallest absolute Gasteiger partial charge is 0.151 e. The molecule has 1 aliphatic carbocycles. The van der Waals surface area contributed by atoms with Crippen LogP contribution in [-0.4, -0.2) is 16.8 Å². The van der Waals surface area contributed by atoms with E-state index in [9.17, 15) is 4.79 Å². The normalized spacial score (nSPS) is 13.7. The number of hydrogen-bond donors (Lipinski definition) is 0. The van der Waals surface area contributed by atoms with Crippen LogP contribution in [0.25, 0.3) is 48.0 Å². The number of fused-ring (bicyclic) bond motifs is 6. The Bertz CT molecular complexity index is 1840. The summed E-state index contributed by atoms with van der Waals surface area (Å²) in [5.74, 6) is 0.0573. The number of allylic oxidation sites excluding steroid dienone is 2. The Morgan fingerprint density at radius 3 is 2.28 bits per heavy atom. The molecule has 0 amide bonds. The number of ketones is 1. The molecule has 0 unspecified atom stereocenters. The second kappa shape index (κ2) is 12.5. The van der Waals surface area contributed by atoms with Gasteiger partial charge in [-0.3, -0.25) is 9.78 Å². The van der Waals surface area contributed by atoms with Crippen molar-refractivity contribution in [3.05, 3.63) is 107 Å². The first kappa shape index (κ1) is 32.8. The van der Waals surface area contributed by atoms with Crippen molar-refractivity contribution in [2.24, 2.45) is 0 Å². The van der Waals surface area contributed by atoms with Gasteiger partial charge in [0, 0.05) is 35.1 Å². The summed E-state index contributed by atoms with van der Waals surface area (Å²) >= 11 is 1.91. The Morgan fingerprint density at radius 2 is 1.63 bits per heavy atom. The van der Waals surface area contributed by atoms with E-state index in [1.54, 1.807) is 6.08 Å². The van der Waals surface area contributed by atoms with Crippen LogP contribution in [0.4, 0.5) is 0 Å². The molecule has 3 nitrogen and oxygen atoms in total. The average Bonchev–Trinajstić information content (AvgIpc) is 3.41. The van der Waals surface area contributed by atoms with E-state index in [-0.39, 0.29) is 42.8 Å². The summed E-state index contributed by atoms with van der Waals surface area (Å²) in [5, 5.41) is 6.77. The average molecular weight is 765 g/mol. The number of carbonyl (C=O) groups is 1. The van der Waals surface area contributed by atoms with Crippen molar-refractivity contribution in [3.8, 4) is 21.7 Å². The Morgan fingerprint density at radius 1 is 0.977 bits per heavy atom. The number of rotatable bonds is 4. The van der Waals surface area contributed by atoms with E-state index >= 15 is 0 Å². The Balaban J connectivity index is 0.000000335. The maximum atomic E-state index is 10.5. The van der Waals surface area contributed by atoms with Gasteiger partial charge >= 0.3 is 0 Å². The molecule has 0 aliphatic heterocycles. The van der Waals surface area contributed by atoms with Crippen LogP contribution in [0.15, 0.2) is 78.5 Å². The van der Waals surface area contributed by atoms with Gasteiger partial charge in [-0.1, -0.05) is 103 Å². The summed E-state index contributed by atoms with van der Waals surface area (Å²) < 4.78 is 1.37. The van der Waals surface area contributed by atoms with E-state index in [0.717, 1.165) is 22.5 Å². The topological polar surface area (TPSA) is 44.1 Å². The monoisotopic (exact) mass is 765 g/mol. The van der Waals surface area contributed by atoms with Crippen molar-refractivity contribution in [2.75, 3.05) is 0 Å². The quantitative estimate of drug-likeness (QED) is 0.135. The first-order chi connectivity index (χ1) is 19.8. The molecule has 0 bridgehead atoms. The molecule has 1 radical (unpaired) electrons. The molecule has 3 aromatic carbocycles. The number of aromatic nitrogens is 1. The minimum atomic E-state index is -0.105. The molecule has 0 saturated heterocycles. The van der Waals surface area contributed by atoms with E-state index in [1.165, 1.54) is 49.5 Å². The Kier molecular flexibility index (Phi) is 9.52. The van der Waals surface area contributed by atoms with Gasteiger partial charge in [0.2, 0.25) is 0 Å². The summed E-state index contributed by atoms with van der Waals surface area (Å²) in [6, 6.07) is 27.8. The zero-order valence-electron chi connectivity index (χ0n) is 26.5. The predicted octanol–water partition coefficient (Wildman–Crippen LogP) is 10.8. The van der Waals surface area contributed by atoms with Crippen molar-refractivity contribution in [3.63, 3.8) is 0 Å². The number of nitrogens with zero attached hydrogens (tertiary/aromatic N) is 2. The van der Waals surface area contributed by atoms with Crippen LogP contribution < -0.4 is 0 Å². The fourth-order valence-electron chi connectivity index (χ4n) is 6.18. The molecule has 0 saturated carbocycles. The number of thiophene rings is 1. The molecular formula is C38H40IrN2OS-2. The summed E-state index contributed by atoms with van der Waals surface area (Å²) in [6.45, 7) is 18.9. The molecule has 2 aromatic heterocycles. The first-order valence-corrected chi connectivity index (χ1v) is 15.5. The standard InChI is InChI=1S/C30H26NS.C8H15NO.Ir/c1-29(2,3)22-17-24(31-23-15-8-6-11-18(22)23)19-13-10-14-21-26(19)30(4,5)27-20-12-7-9-16-25(20)32-28(21)27;1-6(2)9-7(3)5-8(4)10;/h6-12,14-17H,1-5H3;5-6H,1-4H3,(H,9,10);/q-1;;/p-1. The molecule has 0 atom stereocenters. The molecule has 0 fully saturated rings. The van der Waals surface area contributed by atoms with E-state index in [0.29, 0.717) is 0 Å². The maximum absolute atomic E-state index is 10.5. The van der Waals surface area contributed by atoms with Crippen molar-refractivity contribution in [2.45, 2.75) is 79.2 Å². The van der Waals surface area contributed by atoms with Gasteiger partial charge in [0.05, 0.1) is 5.52 Å². The van der Waals surface area contributed by atoms with Crippen LogP contribution in [0.5, 0.6) is 0 Å². The molecule has 5 aromatic rings. The Hall–Kier alpha value is -3.11. The molecule has 6 rings (SSSR count). The summed E-state index contributed by atoms with van der Waals surface area (Å²) in [4.78, 5) is 17.0. The second-order valence-corrected chi connectivity index (χ2v) is 14.1. The SMILES string of the molecule is CC(=O)/C=C(/C)[N-]C(C)C.CC(C)(C)c1cc(-c2[c-]ccc3c2C(C)(C)c2c-3sc3ccccc23)nc2ccccc12.[Ir]. The van der Waals surface area contributed by atoms with Crippen molar-refractivity contribution in [1.82, 2.24) is 4.98 Å². The summed E-state index contributed by atoms with van der Waals surface area (Å²) in [5.41, 5.74) is 9.42. The van der Waals surface area contributed by atoms with Gasteiger partial charge in [-0.2, -0.15) is 5.70 Å². The second-order valence-electron chi connectivity index (χ2n) is 13.0. The maximum Gasteiger partial charge on any atom is 0.151 e. The van der Waals surface area contributed by atoms with Crippen LogP contribution in [0, 0.1) is 6.07 Å². The third-order valence-electron chi connectivity index (χ3n) is 7.74. The summed E-state index contributed by atoms with van der Waals surface area (Å²) in [6.07, 6.45) is 1.54. The Labute approximate surface area is 274 Å². The number of hydrogen-bond acceptors (Lipinski definition) is 3. The van der Waals surface area contributed by atoms with Gasteiger partial charge in [0.15, 0.2) is 5.78 Å². The van der Waals surface area contributed by atoms with Gasteiger partial charge in [0.1, 0.15) is 0 Å². The van der Waals surface area contributed by atoms with Crippen LogP contribution in [0.3, 0.4) is 0 Å². The van der Waals surface area contributed by atoms with E-state index < -0.39 is 0 Å². The van der Waals surface area contributed by atoms with Crippen LogP contribution in [-0.2, 0) is 35.7 Å². The van der Waals surface area contributed by atoms with Gasteiger partial charge in [-0.05, 0) is 58.2 Å². The van der Waals surface area contributed by atoms with Crippen LogP contribution in [0.2, 0.25) is 0 Å². The molecule has 225 valence electrons. The van der Waals surface area contributed by atoms with Crippen molar-refractivity contribution in [1.29, 1.82) is 0 Å². The summed E-state index contributed by atoms with van der Waals surface area (Å²) in [7, 11) is 0.